The molecule has 0 atom stereocenters. The van der Waals surface area contributed by atoms with Crippen molar-refractivity contribution < 1.29 is 23.6 Å². The molecule has 1 heterocycles. The van der Waals surface area contributed by atoms with Gasteiger partial charge in [-0.2, -0.15) is 0 Å². The van der Waals surface area contributed by atoms with Crippen LogP contribution in [-0.4, -0.2) is 38.7 Å². The minimum absolute atomic E-state index is 0.0438. The lowest BCUT2D eigenvalue weighted by Gasteiger charge is -2.30. The molecule has 0 spiro atoms. The van der Waals surface area contributed by atoms with Gasteiger partial charge >= 0.3 is 6.09 Å². The van der Waals surface area contributed by atoms with Gasteiger partial charge in [0.15, 0.2) is 11.6 Å². The van der Waals surface area contributed by atoms with Crippen LogP contribution in [0.3, 0.4) is 0 Å². The fraction of sp³-hybridized carbons (Fsp3) is 0.323. The molecule has 5 rings (SSSR count). The summed E-state index contributed by atoms with van der Waals surface area (Å²) in [6.07, 6.45) is 4.46. The predicted octanol–water partition coefficient (Wildman–Crippen LogP) is 7.38. The summed E-state index contributed by atoms with van der Waals surface area (Å²) in [5, 5.41) is 19.2. The number of carbonyl (C=O) groups is 1. The van der Waals surface area contributed by atoms with Gasteiger partial charge in [-0.25, -0.2) is 19.2 Å². The Labute approximate surface area is 242 Å². The number of anilines is 1. The molecule has 1 aromatic heterocycles. The van der Waals surface area contributed by atoms with E-state index in [1.165, 1.54) is 12.1 Å². The van der Waals surface area contributed by atoms with Crippen LogP contribution >= 0.6 is 0 Å². The number of aromatic nitrogens is 2. The van der Waals surface area contributed by atoms with Crippen molar-refractivity contribution >= 4 is 28.5 Å². The number of hydrogen-bond donors (Lipinski definition) is 2. The highest BCUT2D eigenvalue weighted by atomic mass is 19.1. The van der Waals surface area contributed by atoms with Crippen LogP contribution in [0.4, 0.5) is 20.8 Å². The first-order chi connectivity index (χ1) is 20.0. The smallest absolute Gasteiger partial charge is 0.407 e. The van der Waals surface area contributed by atoms with Crippen molar-refractivity contribution in [2.24, 2.45) is 0 Å². The molecule has 0 saturated heterocycles. The van der Waals surface area contributed by atoms with Gasteiger partial charge in [-0.05, 0) is 81.5 Å². The molecule has 218 valence electrons. The van der Waals surface area contributed by atoms with Crippen molar-refractivity contribution in [1.29, 1.82) is 0 Å². The van der Waals surface area contributed by atoms with Crippen LogP contribution in [0.5, 0.6) is 11.5 Å². The molecule has 42 heavy (non-hydrogen) atoms. The Morgan fingerprint density at radius 1 is 0.976 bits per heavy atom. The molecule has 4 aromatic rings. The zero-order valence-corrected chi connectivity index (χ0v) is 23.6. The Morgan fingerprint density at radius 3 is 2.33 bits per heavy atom. The van der Waals surface area contributed by atoms with Crippen LogP contribution in [0.15, 0.2) is 66.9 Å². The van der Waals surface area contributed by atoms with E-state index in [-0.39, 0.29) is 23.5 Å². The molecule has 0 unspecified atom stereocenters. The van der Waals surface area contributed by atoms with Crippen molar-refractivity contribution in [3.8, 4) is 22.8 Å². The maximum atomic E-state index is 14.7. The van der Waals surface area contributed by atoms with E-state index < -0.39 is 22.4 Å². The van der Waals surface area contributed by atoms with Crippen LogP contribution < -0.4 is 15.4 Å². The summed E-state index contributed by atoms with van der Waals surface area (Å²) in [7, 11) is 0. The largest absolute Gasteiger partial charge is 0.454 e. The van der Waals surface area contributed by atoms with E-state index in [0.717, 1.165) is 42.5 Å². The van der Waals surface area contributed by atoms with Gasteiger partial charge in [0.2, 0.25) is 5.95 Å². The second-order valence-corrected chi connectivity index (χ2v) is 11.3. The van der Waals surface area contributed by atoms with E-state index in [1.807, 2.05) is 51.1 Å². The highest BCUT2D eigenvalue weighted by Gasteiger charge is 2.25. The highest BCUT2D eigenvalue weighted by molar-refractivity contribution is 5.90. The normalized spacial score (nSPS) is 17.0. The SMILES string of the molecule is CC(C)(C)OC(=O)NC1CCC(Nc2nccc(-c3cc4ccccc4cc3Oc3ccc([N+](=O)[O-])cc3F)n2)CC1. The fourth-order valence-corrected chi connectivity index (χ4v) is 4.93. The Hall–Kier alpha value is -4.80. The molecule has 2 N–H and O–H groups in total. The third-order valence-corrected chi connectivity index (χ3v) is 6.91. The molecule has 11 heteroatoms. The predicted molar refractivity (Wildman–Crippen MR) is 157 cm³/mol. The molecule has 1 aliphatic carbocycles. The second kappa shape index (κ2) is 12.0. The molecule has 1 saturated carbocycles. The zero-order chi connectivity index (χ0) is 29.9. The molecule has 0 aliphatic heterocycles. The lowest BCUT2D eigenvalue weighted by Crippen LogP contribution is -2.42. The molecule has 1 amide bonds. The summed E-state index contributed by atoms with van der Waals surface area (Å²) in [6, 6.07) is 16.6. The quantitative estimate of drug-likeness (QED) is 0.173. The number of fused-ring (bicyclic) bond motifs is 1. The van der Waals surface area contributed by atoms with Crippen LogP contribution in [0.25, 0.3) is 22.0 Å². The number of nitro benzene ring substituents is 1. The van der Waals surface area contributed by atoms with Crippen molar-refractivity contribution in [2.75, 3.05) is 5.32 Å². The van der Waals surface area contributed by atoms with E-state index in [1.54, 1.807) is 18.3 Å². The summed E-state index contributed by atoms with van der Waals surface area (Å²) >= 11 is 0. The van der Waals surface area contributed by atoms with Crippen LogP contribution in [0.2, 0.25) is 0 Å². The minimum Gasteiger partial charge on any atom is -0.454 e. The van der Waals surface area contributed by atoms with Crippen LogP contribution in [0, 0.1) is 15.9 Å². The number of nitrogens with zero attached hydrogens (tertiary/aromatic N) is 3. The number of nitro groups is 1. The van der Waals surface area contributed by atoms with E-state index >= 15 is 0 Å². The summed E-state index contributed by atoms with van der Waals surface area (Å²) in [6.45, 7) is 5.51. The zero-order valence-electron chi connectivity index (χ0n) is 23.6. The molecule has 10 nitrogen and oxygen atoms in total. The van der Waals surface area contributed by atoms with Gasteiger partial charge in [0.1, 0.15) is 11.4 Å². The van der Waals surface area contributed by atoms with E-state index in [2.05, 4.69) is 15.6 Å². The molecule has 1 fully saturated rings. The molecule has 0 radical (unpaired) electrons. The average Bonchev–Trinajstić information content (AvgIpc) is 2.94. The van der Waals surface area contributed by atoms with Gasteiger partial charge < -0.3 is 20.1 Å². The molecule has 0 bridgehead atoms. The number of alkyl carbamates (subject to hydrolysis) is 1. The van der Waals surface area contributed by atoms with Crippen molar-refractivity contribution in [3.63, 3.8) is 0 Å². The Bertz CT molecular complexity index is 1620. The third kappa shape index (κ3) is 7.09. The van der Waals surface area contributed by atoms with Gasteiger partial charge in [-0.3, -0.25) is 10.1 Å². The fourth-order valence-electron chi connectivity index (χ4n) is 4.93. The topological polar surface area (TPSA) is 129 Å². The van der Waals surface area contributed by atoms with Gasteiger partial charge in [-0.15, -0.1) is 0 Å². The van der Waals surface area contributed by atoms with E-state index in [9.17, 15) is 19.3 Å². The maximum Gasteiger partial charge on any atom is 0.407 e. The highest BCUT2D eigenvalue weighted by Crippen LogP contribution is 2.38. The minimum atomic E-state index is -0.842. The van der Waals surface area contributed by atoms with Crippen LogP contribution in [0.1, 0.15) is 46.5 Å². The number of rotatable bonds is 7. The molecule has 3 aromatic carbocycles. The number of hydrogen-bond acceptors (Lipinski definition) is 8. The van der Waals surface area contributed by atoms with E-state index in [0.29, 0.717) is 23.0 Å². The third-order valence-electron chi connectivity index (χ3n) is 6.91. The number of halogens is 1. The number of amides is 1. The molecular weight excluding hydrogens is 541 g/mol. The average molecular weight is 574 g/mol. The van der Waals surface area contributed by atoms with Gasteiger partial charge in [0.05, 0.1) is 16.7 Å². The first-order valence-electron chi connectivity index (χ1n) is 13.8. The number of ether oxygens (including phenoxy) is 2. The van der Waals surface area contributed by atoms with Crippen molar-refractivity contribution in [3.05, 3.63) is 82.8 Å². The Kier molecular flexibility index (Phi) is 8.19. The molecular formula is C31H32FN5O5. The summed E-state index contributed by atoms with van der Waals surface area (Å²) < 4.78 is 26.1. The van der Waals surface area contributed by atoms with Crippen molar-refractivity contribution in [1.82, 2.24) is 15.3 Å². The van der Waals surface area contributed by atoms with Gasteiger partial charge in [-0.1, -0.05) is 24.3 Å². The van der Waals surface area contributed by atoms with Crippen molar-refractivity contribution in [2.45, 2.75) is 64.1 Å². The van der Waals surface area contributed by atoms with E-state index in [4.69, 9.17) is 14.5 Å². The summed E-state index contributed by atoms with van der Waals surface area (Å²) in [4.78, 5) is 31.7. The number of benzene rings is 3. The van der Waals surface area contributed by atoms with Crippen LogP contribution in [-0.2, 0) is 4.74 Å². The summed E-state index contributed by atoms with van der Waals surface area (Å²) in [5.41, 5.74) is 0.273. The van der Waals surface area contributed by atoms with Gasteiger partial charge in [0.25, 0.3) is 5.69 Å². The first kappa shape index (κ1) is 28.7. The number of carbonyl (C=O) groups excluding carboxylic acids is 1. The lowest BCUT2D eigenvalue weighted by molar-refractivity contribution is -0.385. The lowest BCUT2D eigenvalue weighted by atomic mass is 9.91. The standard InChI is InChI=1S/C31H32FN5O5/c1-31(2,3)42-30(38)35-22-10-8-21(9-11-22)34-29-33-15-14-26(36-29)24-16-19-6-4-5-7-20(19)17-28(24)41-27-13-12-23(37(39)40)18-25(27)32/h4-7,12-18,21-22H,8-11H2,1-3H3,(H,35,38)(H,33,34,36). The van der Waals surface area contributed by atoms with Gasteiger partial charge in [0, 0.05) is 29.9 Å². The Balaban J connectivity index is 1.34. The molecule has 1 aliphatic rings. The second-order valence-electron chi connectivity index (χ2n) is 11.3. The Morgan fingerprint density at radius 2 is 1.67 bits per heavy atom. The number of nitrogens with one attached hydrogen (secondary N) is 2. The first-order valence-corrected chi connectivity index (χ1v) is 13.8. The monoisotopic (exact) mass is 573 g/mol. The summed E-state index contributed by atoms with van der Waals surface area (Å²) in [5.74, 6) is -0.192. The number of non-ortho nitro benzene ring substituents is 1. The maximum absolute atomic E-state index is 14.7.